The number of phenolic OH excluding ortho intramolecular Hbond substituents is 1. The van der Waals surface area contributed by atoms with Crippen molar-refractivity contribution < 1.29 is 19.8 Å². The van der Waals surface area contributed by atoms with Gasteiger partial charge in [-0.15, -0.1) is 0 Å². The third-order valence-corrected chi connectivity index (χ3v) is 7.18. The van der Waals surface area contributed by atoms with Crippen molar-refractivity contribution >= 4 is 46.0 Å². The number of aliphatic carboxylic acids is 1. The van der Waals surface area contributed by atoms with Gasteiger partial charge in [-0.2, -0.15) is 0 Å². The van der Waals surface area contributed by atoms with Gasteiger partial charge in [0.05, 0.1) is 21.0 Å². The molecule has 0 spiro atoms. The van der Waals surface area contributed by atoms with Gasteiger partial charge in [-0.3, -0.25) is 14.2 Å². The fourth-order valence-corrected chi connectivity index (χ4v) is 4.85. The van der Waals surface area contributed by atoms with Crippen LogP contribution in [0.3, 0.4) is 0 Å². The van der Waals surface area contributed by atoms with Crippen LogP contribution in [-0.4, -0.2) is 26.7 Å². The summed E-state index contributed by atoms with van der Waals surface area (Å²) in [6.45, 7) is 3.47. The number of phenols is 1. The summed E-state index contributed by atoms with van der Waals surface area (Å²) in [6, 6.07) is 9.31. The summed E-state index contributed by atoms with van der Waals surface area (Å²) in [6.07, 6.45) is 2.61. The Morgan fingerprint density at radius 2 is 1.80 bits per heavy atom. The zero-order valence-electron chi connectivity index (χ0n) is 16.6. The molecule has 2 N–H and O–H groups in total. The number of benzene rings is 2. The quantitative estimate of drug-likeness (QED) is 0.532. The Kier molecular flexibility index (Phi) is 5.07. The number of carbonyl (C=O) groups excluding carboxylic acids is 1. The molecule has 1 heterocycles. The Hall–Kier alpha value is -2.50. The minimum Gasteiger partial charge on any atom is -0.508 e. The van der Waals surface area contributed by atoms with Gasteiger partial charge in [0, 0.05) is 16.6 Å². The van der Waals surface area contributed by atoms with E-state index >= 15 is 0 Å². The van der Waals surface area contributed by atoms with Crippen molar-refractivity contribution in [2.45, 2.75) is 38.5 Å². The molecule has 0 aliphatic heterocycles. The monoisotopic (exact) mass is 445 g/mol. The van der Waals surface area contributed by atoms with Crippen LogP contribution in [0.5, 0.6) is 5.75 Å². The van der Waals surface area contributed by atoms with E-state index < -0.39 is 11.4 Å². The average molecular weight is 446 g/mol. The second-order valence-corrected chi connectivity index (χ2v) is 8.88. The predicted octanol–water partition coefficient (Wildman–Crippen LogP) is 5.79. The fraction of sp³-hybridized carbons (Fsp3) is 0.304. The molecule has 1 aliphatic carbocycles. The van der Waals surface area contributed by atoms with Crippen LogP contribution in [0.15, 0.2) is 36.4 Å². The van der Waals surface area contributed by atoms with Crippen LogP contribution in [0.25, 0.3) is 10.9 Å². The molecule has 0 unspecified atom stereocenters. The summed E-state index contributed by atoms with van der Waals surface area (Å²) < 4.78 is 1.50. The molecule has 0 bridgehead atoms. The molecule has 1 aromatic heterocycles. The fourth-order valence-electron chi connectivity index (χ4n) is 4.55. The van der Waals surface area contributed by atoms with E-state index in [-0.39, 0.29) is 22.6 Å². The molecule has 2 aromatic carbocycles. The lowest BCUT2D eigenvalue weighted by Gasteiger charge is -2.40. The Labute approximate surface area is 183 Å². The number of carbonyl (C=O) groups is 2. The third kappa shape index (κ3) is 2.99. The number of fused-ring (bicyclic) bond motifs is 1. The second-order valence-electron chi connectivity index (χ2n) is 8.07. The van der Waals surface area contributed by atoms with Crippen LogP contribution in [-0.2, 0) is 10.2 Å². The summed E-state index contributed by atoms with van der Waals surface area (Å²) in [5.41, 5.74) is 0.827. The molecule has 0 radical (unpaired) electrons. The van der Waals surface area contributed by atoms with Crippen molar-refractivity contribution in [1.29, 1.82) is 0 Å². The lowest BCUT2D eigenvalue weighted by Crippen LogP contribution is -2.44. The van der Waals surface area contributed by atoms with E-state index in [4.69, 9.17) is 23.2 Å². The zero-order chi connectivity index (χ0) is 21.8. The van der Waals surface area contributed by atoms with Gasteiger partial charge in [0.25, 0.3) is 5.91 Å². The van der Waals surface area contributed by atoms with Crippen LogP contribution in [0, 0.1) is 12.8 Å². The molecule has 156 valence electrons. The van der Waals surface area contributed by atoms with Crippen molar-refractivity contribution in [1.82, 2.24) is 4.57 Å². The summed E-state index contributed by atoms with van der Waals surface area (Å²) in [7, 11) is 0. The lowest BCUT2D eigenvalue weighted by atomic mass is 9.62. The maximum atomic E-state index is 13.4. The molecular weight excluding hydrogens is 425 g/mol. The Bertz CT molecular complexity index is 1200. The number of hydrogen-bond acceptors (Lipinski definition) is 3. The van der Waals surface area contributed by atoms with E-state index in [9.17, 15) is 19.8 Å². The van der Waals surface area contributed by atoms with Gasteiger partial charge in [-0.1, -0.05) is 29.6 Å². The van der Waals surface area contributed by atoms with Crippen molar-refractivity contribution in [2.24, 2.45) is 5.92 Å². The van der Waals surface area contributed by atoms with Crippen LogP contribution in [0.2, 0.25) is 10.0 Å². The minimum atomic E-state index is -1.17. The van der Waals surface area contributed by atoms with Crippen molar-refractivity contribution in [3.63, 3.8) is 0 Å². The first-order valence-electron chi connectivity index (χ1n) is 9.74. The SMILES string of the molecule is Cc1c([C@](C)(C(=O)O)C2CCC2)c2cc(O)ccc2n1C(=O)c1ccc(Cl)c(Cl)c1. The standard InChI is InChI=1S/C23H21Cl2NO4/c1-12-20(23(2,22(29)30)14-4-3-5-14)16-11-15(27)7-9-19(16)26(12)21(28)13-6-8-17(24)18(25)10-13/h6-11,14,27H,3-5H2,1-2H3,(H,29,30)/t23-/m1/s1. The number of aromatic nitrogens is 1. The van der Waals surface area contributed by atoms with Gasteiger partial charge in [0.15, 0.2) is 0 Å². The molecule has 30 heavy (non-hydrogen) atoms. The van der Waals surface area contributed by atoms with Gasteiger partial charge in [-0.05, 0) is 74.6 Å². The number of rotatable bonds is 4. The number of aromatic hydroxyl groups is 1. The number of nitrogens with zero attached hydrogens (tertiary/aromatic N) is 1. The highest BCUT2D eigenvalue weighted by molar-refractivity contribution is 6.42. The van der Waals surface area contributed by atoms with E-state index in [1.165, 1.54) is 22.8 Å². The maximum absolute atomic E-state index is 13.4. The van der Waals surface area contributed by atoms with Crippen molar-refractivity contribution in [3.05, 3.63) is 63.3 Å². The number of carboxylic acid groups (broad SMARTS) is 1. The van der Waals surface area contributed by atoms with Gasteiger partial charge in [0.1, 0.15) is 5.75 Å². The first-order valence-corrected chi connectivity index (χ1v) is 10.5. The van der Waals surface area contributed by atoms with Crippen LogP contribution < -0.4 is 0 Å². The Balaban J connectivity index is 2.00. The maximum Gasteiger partial charge on any atom is 0.314 e. The summed E-state index contributed by atoms with van der Waals surface area (Å²) in [5, 5.41) is 21.5. The lowest BCUT2D eigenvalue weighted by molar-refractivity contribution is -0.146. The van der Waals surface area contributed by atoms with Gasteiger partial charge in [0.2, 0.25) is 0 Å². The predicted molar refractivity (Wildman–Crippen MR) is 117 cm³/mol. The number of hydrogen-bond donors (Lipinski definition) is 2. The normalized spacial score (nSPS) is 16.3. The molecule has 0 amide bonds. The van der Waals surface area contributed by atoms with Gasteiger partial charge in [-0.25, -0.2) is 0 Å². The highest BCUT2D eigenvalue weighted by Crippen LogP contribution is 2.48. The molecule has 3 aromatic rings. The largest absolute Gasteiger partial charge is 0.508 e. The molecule has 4 rings (SSSR count). The van der Waals surface area contributed by atoms with Crippen LogP contribution in [0.1, 0.15) is 47.8 Å². The Morgan fingerprint density at radius 1 is 1.10 bits per heavy atom. The van der Waals surface area contributed by atoms with Gasteiger partial charge >= 0.3 is 5.97 Å². The van der Waals surface area contributed by atoms with E-state index in [0.717, 1.165) is 19.3 Å². The van der Waals surface area contributed by atoms with E-state index in [0.29, 0.717) is 32.7 Å². The smallest absolute Gasteiger partial charge is 0.314 e. The minimum absolute atomic E-state index is 0.0178. The van der Waals surface area contributed by atoms with E-state index in [1.807, 2.05) is 0 Å². The number of halogens is 2. The highest BCUT2D eigenvalue weighted by Gasteiger charge is 2.48. The molecule has 1 atom stereocenters. The molecule has 1 aliphatic rings. The molecule has 7 heteroatoms. The molecular formula is C23H21Cl2NO4. The van der Waals surface area contributed by atoms with Crippen molar-refractivity contribution in [2.75, 3.05) is 0 Å². The zero-order valence-corrected chi connectivity index (χ0v) is 18.1. The number of carboxylic acids is 1. The summed E-state index contributed by atoms with van der Waals surface area (Å²) in [4.78, 5) is 25.9. The topological polar surface area (TPSA) is 79.5 Å². The molecule has 1 saturated carbocycles. The molecule has 5 nitrogen and oxygen atoms in total. The van der Waals surface area contributed by atoms with Crippen LogP contribution in [0.4, 0.5) is 0 Å². The highest BCUT2D eigenvalue weighted by atomic mass is 35.5. The average Bonchev–Trinajstić information content (AvgIpc) is 2.93. The molecule has 0 saturated heterocycles. The summed E-state index contributed by atoms with van der Waals surface area (Å²) in [5.74, 6) is -1.28. The molecule has 1 fully saturated rings. The van der Waals surface area contributed by atoms with Gasteiger partial charge < -0.3 is 10.2 Å². The Morgan fingerprint density at radius 3 is 2.37 bits per heavy atom. The third-order valence-electron chi connectivity index (χ3n) is 6.44. The first kappa shape index (κ1) is 20.8. The first-order chi connectivity index (χ1) is 14.2. The summed E-state index contributed by atoms with van der Waals surface area (Å²) >= 11 is 12.1. The second kappa shape index (κ2) is 7.33. The van der Waals surface area contributed by atoms with E-state index in [2.05, 4.69) is 0 Å². The van der Waals surface area contributed by atoms with E-state index in [1.54, 1.807) is 32.0 Å². The van der Waals surface area contributed by atoms with Crippen LogP contribution >= 0.6 is 23.2 Å². The van der Waals surface area contributed by atoms with Crippen molar-refractivity contribution in [3.8, 4) is 5.75 Å².